The molecular formula is C11H16ClN3. The first-order valence-corrected chi connectivity index (χ1v) is 5.60. The van der Waals surface area contributed by atoms with Gasteiger partial charge in [-0.15, -0.1) is 0 Å². The maximum atomic E-state index is 5.98. The van der Waals surface area contributed by atoms with Crippen molar-refractivity contribution in [3.8, 4) is 0 Å². The third-order valence-electron chi connectivity index (χ3n) is 2.68. The van der Waals surface area contributed by atoms with E-state index in [-0.39, 0.29) is 0 Å². The zero-order chi connectivity index (χ0) is 10.7. The molecule has 15 heavy (non-hydrogen) atoms. The van der Waals surface area contributed by atoms with Crippen LogP contribution < -0.4 is 11.1 Å². The van der Waals surface area contributed by atoms with Gasteiger partial charge in [-0.1, -0.05) is 17.7 Å². The average Bonchev–Trinajstić information content (AvgIpc) is 2.25. The van der Waals surface area contributed by atoms with E-state index in [1.54, 1.807) is 0 Å². The van der Waals surface area contributed by atoms with E-state index in [4.69, 9.17) is 17.3 Å². The van der Waals surface area contributed by atoms with E-state index in [1.807, 2.05) is 18.2 Å². The molecule has 82 valence electrons. The van der Waals surface area contributed by atoms with Crippen molar-refractivity contribution in [1.29, 1.82) is 0 Å². The average molecular weight is 226 g/mol. The maximum absolute atomic E-state index is 5.98. The van der Waals surface area contributed by atoms with Gasteiger partial charge in [0.05, 0.1) is 10.7 Å². The Bertz CT molecular complexity index is 335. The normalized spacial score (nSPS) is 17.9. The number of nitrogens with two attached hydrogens (primary N) is 1. The van der Waals surface area contributed by atoms with Crippen LogP contribution in [0.4, 0.5) is 5.69 Å². The van der Waals surface area contributed by atoms with Gasteiger partial charge < -0.3 is 11.1 Å². The Kier molecular flexibility index (Phi) is 3.46. The molecule has 0 radical (unpaired) electrons. The summed E-state index contributed by atoms with van der Waals surface area (Å²) in [4.78, 5) is 2.42. The first kappa shape index (κ1) is 10.7. The number of nitrogens with zero attached hydrogens (tertiary/aromatic N) is 1. The summed E-state index contributed by atoms with van der Waals surface area (Å²) in [6.45, 7) is 5.30. The van der Waals surface area contributed by atoms with Crippen molar-refractivity contribution in [2.75, 3.05) is 31.9 Å². The predicted molar refractivity (Wildman–Crippen MR) is 64.0 cm³/mol. The van der Waals surface area contributed by atoms with Crippen LogP contribution in [-0.4, -0.2) is 31.1 Å². The third-order valence-corrected chi connectivity index (χ3v) is 3.01. The molecule has 1 saturated heterocycles. The molecule has 4 heteroatoms. The lowest BCUT2D eigenvalue weighted by Gasteiger charge is -2.27. The van der Waals surface area contributed by atoms with Crippen LogP contribution in [0, 0.1) is 0 Å². The molecule has 1 aromatic rings. The Morgan fingerprint density at radius 3 is 2.73 bits per heavy atom. The number of piperazine rings is 1. The van der Waals surface area contributed by atoms with Crippen LogP contribution in [0.15, 0.2) is 18.2 Å². The number of hydrogen-bond acceptors (Lipinski definition) is 3. The zero-order valence-electron chi connectivity index (χ0n) is 8.67. The standard InChI is InChI=1S/C11H16ClN3/c12-10-7-9(1-2-11(10)13)8-15-5-3-14-4-6-15/h1-2,7,14H,3-6,8,13H2. The van der Waals surface area contributed by atoms with Crippen LogP contribution >= 0.6 is 11.6 Å². The van der Waals surface area contributed by atoms with Crippen molar-refractivity contribution in [2.24, 2.45) is 0 Å². The summed E-state index contributed by atoms with van der Waals surface area (Å²) in [5.41, 5.74) is 7.55. The Balaban J connectivity index is 2.00. The van der Waals surface area contributed by atoms with E-state index in [1.165, 1.54) is 5.56 Å². The highest BCUT2D eigenvalue weighted by molar-refractivity contribution is 6.33. The van der Waals surface area contributed by atoms with Crippen LogP contribution in [0.2, 0.25) is 5.02 Å². The highest BCUT2D eigenvalue weighted by atomic mass is 35.5. The lowest BCUT2D eigenvalue weighted by Crippen LogP contribution is -2.42. The Morgan fingerprint density at radius 1 is 1.33 bits per heavy atom. The molecule has 1 aromatic carbocycles. The highest BCUT2D eigenvalue weighted by Crippen LogP contribution is 2.20. The molecule has 1 aliphatic heterocycles. The first-order valence-electron chi connectivity index (χ1n) is 5.23. The summed E-state index contributed by atoms with van der Waals surface area (Å²) in [6.07, 6.45) is 0. The van der Waals surface area contributed by atoms with E-state index < -0.39 is 0 Å². The van der Waals surface area contributed by atoms with Gasteiger partial charge in [-0.25, -0.2) is 0 Å². The summed E-state index contributed by atoms with van der Waals surface area (Å²) >= 11 is 5.98. The van der Waals surface area contributed by atoms with Gasteiger partial charge in [0, 0.05) is 32.7 Å². The molecule has 0 aromatic heterocycles. The van der Waals surface area contributed by atoms with Gasteiger partial charge in [-0.3, -0.25) is 4.90 Å². The molecule has 2 rings (SSSR count). The van der Waals surface area contributed by atoms with Crippen LogP contribution in [0.5, 0.6) is 0 Å². The quantitative estimate of drug-likeness (QED) is 0.747. The van der Waals surface area contributed by atoms with Crippen molar-refractivity contribution in [1.82, 2.24) is 10.2 Å². The number of rotatable bonds is 2. The van der Waals surface area contributed by atoms with E-state index in [0.29, 0.717) is 10.7 Å². The Morgan fingerprint density at radius 2 is 2.07 bits per heavy atom. The topological polar surface area (TPSA) is 41.3 Å². The van der Waals surface area contributed by atoms with Gasteiger partial charge in [0.25, 0.3) is 0 Å². The SMILES string of the molecule is Nc1ccc(CN2CCNCC2)cc1Cl. The molecule has 3 N–H and O–H groups in total. The molecule has 0 atom stereocenters. The second-order valence-electron chi connectivity index (χ2n) is 3.88. The van der Waals surface area contributed by atoms with Gasteiger partial charge in [-0.2, -0.15) is 0 Å². The van der Waals surface area contributed by atoms with Crippen molar-refractivity contribution in [3.63, 3.8) is 0 Å². The molecule has 0 saturated carbocycles. The molecule has 0 unspecified atom stereocenters. The van der Waals surface area contributed by atoms with Gasteiger partial charge in [0.2, 0.25) is 0 Å². The molecule has 3 nitrogen and oxygen atoms in total. The van der Waals surface area contributed by atoms with Crippen LogP contribution in [0.1, 0.15) is 5.56 Å². The lowest BCUT2D eigenvalue weighted by molar-refractivity contribution is 0.233. The molecule has 1 aliphatic rings. The monoisotopic (exact) mass is 225 g/mol. The summed E-state index contributed by atoms with van der Waals surface area (Å²) in [6, 6.07) is 5.88. The second-order valence-corrected chi connectivity index (χ2v) is 4.29. The molecule has 0 spiro atoms. The van der Waals surface area contributed by atoms with Crippen molar-refractivity contribution >= 4 is 17.3 Å². The van der Waals surface area contributed by atoms with Crippen molar-refractivity contribution in [2.45, 2.75) is 6.54 Å². The number of nitrogen functional groups attached to an aromatic ring is 1. The van der Waals surface area contributed by atoms with Crippen LogP contribution in [0.3, 0.4) is 0 Å². The van der Waals surface area contributed by atoms with Gasteiger partial charge in [0.15, 0.2) is 0 Å². The fourth-order valence-corrected chi connectivity index (χ4v) is 2.00. The van der Waals surface area contributed by atoms with Crippen LogP contribution in [-0.2, 0) is 6.54 Å². The third kappa shape index (κ3) is 2.84. The fraction of sp³-hybridized carbons (Fsp3) is 0.455. The number of benzene rings is 1. The van der Waals surface area contributed by atoms with E-state index >= 15 is 0 Å². The van der Waals surface area contributed by atoms with Crippen molar-refractivity contribution in [3.05, 3.63) is 28.8 Å². The summed E-state index contributed by atoms with van der Waals surface area (Å²) in [5, 5.41) is 3.99. The molecule has 0 bridgehead atoms. The minimum absolute atomic E-state index is 0.653. The van der Waals surface area contributed by atoms with Gasteiger partial charge in [-0.05, 0) is 17.7 Å². The predicted octanol–water partition coefficient (Wildman–Crippen LogP) is 1.33. The molecule has 0 amide bonds. The maximum Gasteiger partial charge on any atom is 0.0638 e. The zero-order valence-corrected chi connectivity index (χ0v) is 9.43. The number of anilines is 1. The van der Waals surface area contributed by atoms with Crippen molar-refractivity contribution < 1.29 is 0 Å². The number of hydrogen-bond donors (Lipinski definition) is 2. The first-order chi connectivity index (χ1) is 7.25. The number of halogens is 1. The van der Waals surface area contributed by atoms with Gasteiger partial charge in [0.1, 0.15) is 0 Å². The van der Waals surface area contributed by atoms with Gasteiger partial charge >= 0.3 is 0 Å². The summed E-state index contributed by atoms with van der Waals surface area (Å²) in [5.74, 6) is 0. The molecular weight excluding hydrogens is 210 g/mol. The summed E-state index contributed by atoms with van der Waals surface area (Å²) < 4.78 is 0. The smallest absolute Gasteiger partial charge is 0.0638 e. The minimum Gasteiger partial charge on any atom is -0.398 e. The molecule has 0 aliphatic carbocycles. The lowest BCUT2D eigenvalue weighted by atomic mass is 10.2. The summed E-state index contributed by atoms with van der Waals surface area (Å²) in [7, 11) is 0. The Hall–Kier alpha value is -0.770. The largest absolute Gasteiger partial charge is 0.398 e. The van der Waals surface area contributed by atoms with Crippen LogP contribution in [0.25, 0.3) is 0 Å². The van der Waals surface area contributed by atoms with E-state index in [9.17, 15) is 0 Å². The molecule has 1 fully saturated rings. The fourth-order valence-electron chi connectivity index (χ4n) is 1.80. The van der Waals surface area contributed by atoms with E-state index in [0.717, 1.165) is 32.7 Å². The number of nitrogens with one attached hydrogen (secondary N) is 1. The minimum atomic E-state index is 0.653. The van der Waals surface area contributed by atoms with E-state index in [2.05, 4.69) is 10.2 Å². The Labute approximate surface area is 95.2 Å². The second kappa shape index (κ2) is 4.84. The highest BCUT2D eigenvalue weighted by Gasteiger charge is 2.10. The molecule has 1 heterocycles.